The molecule has 0 saturated heterocycles. The number of aromatic carboxylic acids is 1. The molecule has 0 fully saturated rings. The van der Waals surface area contributed by atoms with Gasteiger partial charge in [0.05, 0.1) is 11.3 Å². The first kappa shape index (κ1) is 13.7. The number of carbonyl (C=O) groups is 1. The van der Waals surface area contributed by atoms with Gasteiger partial charge < -0.3 is 21.3 Å². The first-order chi connectivity index (χ1) is 9.56. The highest BCUT2D eigenvalue weighted by molar-refractivity contribution is 5.95. The second kappa shape index (κ2) is 5.97. The molecule has 0 atom stereocenters. The summed E-state index contributed by atoms with van der Waals surface area (Å²) in [5.41, 5.74) is 7.94. The Morgan fingerprint density at radius 1 is 1.15 bits per heavy atom. The van der Waals surface area contributed by atoms with Crippen molar-refractivity contribution < 1.29 is 15.0 Å². The van der Waals surface area contributed by atoms with Crippen molar-refractivity contribution in [2.45, 2.75) is 6.42 Å². The zero-order chi connectivity index (χ0) is 14.5. The van der Waals surface area contributed by atoms with E-state index in [1.807, 2.05) is 12.1 Å². The molecular formula is C15H16N2O3. The van der Waals surface area contributed by atoms with Gasteiger partial charge in [-0.05, 0) is 42.3 Å². The number of nitrogens with one attached hydrogen (secondary N) is 1. The van der Waals surface area contributed by atoms with E-state index in [0.29, 0.717) is 24.3 Å². The predicted molar refractivity (Wildman–Crippen MR) is 78.1 cm³/mol. The van der Waals surface area contributed by atoms with Gasteiger partial charge >= 0.3 is 5.97 Å². The van der Waals surface area contributed by atoms with E-state index < -0.39 is 5.97 Å². The molecular weight excluding hydrogens is 256 g/mol. The number of benzene rings is 2. The monoisotopic (exact) mass is 272 g/mol. The fourth-order valence-corrected chi connectivity index (χ4v) is 1.90. The molecule has 0 bridgehead atoms. The molecule has 2 aromatic carbocycles. The number of anilines is 2. The Kier molecular flexibility index (Phi) is 4.10. The van der Waals surface area contributed by atoms with Gasteiger partial charge in [0.2, 0.25) is 0 Å². The minimum Gasteiger partial charge on any atom is -0.508 e. The van der Waals surface area contributed by atoms with E-state index in [0.717, 1.165) is 5.56 Å². The summed E-state index contributed by atoms with van der Waals surface area (Å²) in [6, 6.07) is 11.6. The molecule has 0 amide bonds. The van der Waals surface area contributed by atoms with Crippen LogP contribution in [-0.2, 0) is 6.42 Å². The van der Waals surface area contributed by atoms with Crippen molar-refractivity contribution in [1.29, 1.82) is 0 Å². The van der Waals surface area contributed by atoms with Crippen LogP contribution in [0.15, 0.2) is 42.5 Å². The first-order valence-corrected chi connectivity index (χ1v) is 6.21. The number of carboxylic acids is 1. The van der Waals surface area contributed by atoms with Crippen molar-refractivity contribution in [3.63, 3.8) is 0 Å². The van der Waals surface area contributed by atoms with Crippen molar-refractivity contribution in [2.75, 3.05) is 17.6 Å². The van der Waals surface area contributed by atoms with Gasteiger partial charge in [-0.15, -0.1) is 0 Å². The van der Waals surface area contributed by atoms with Crippen LogP contribution >= 0.6 is 0 Å². The maximum absolute atomic E-state index is 11.1. The summed E-state index contributed by atoms with van der Waals surface area (Å²) in [5.74, 6) is -0.761. The summed E-state index contributed by atoms with van der Waals surface area (Å²) in [4.78, 5) is 11.1. The molecule has 0 radical (unpaired) electrons. The van der Waals surface area contributed by atoms with Gasteiger partial charge in [0, 0.05) is 12.2 Å². The zero-order valence-corrected chi connectivity index (χ0v) is 10.8. The van der Waals surface area contributed by atoms with Crippen LogP contribution in [0.3, 0.4) is 0 Å². The lowest BCUT2D eigenvalue weighted by Crippen LogP contribution is -2.10. The van der Waals surface area contributed by atoms with Gasteiger partial charge in [-0.3, -0.25) is 0 Å². The van der Waals surface area contributed by atoms with Crippen LogP contribution in [0.5, 0.6) is 5.75 Å². The third kappa shape index (κ3) is 3.41. The van der Waals surface area contributed by atoms with Gasteiger partial charge in [-0.25, -0.2) is 4.79 Å². The largest absolute Gasteiger partial charge is 0.508 e. The van der Waals surface area contributed by atoms with Gasteiger partial charge in [0.15, 0.2) is 0 Å². The molecule has 0 aliphatic rings. The number of nitrogens with two attached hydrogens (primary N) is 1. The number of phenols is 1. The number of hydrogen-bond donors (Lipinski definition) is 4. The number of carboxylic acid groups (broad SMARTS) is 1. The van der Waals surface area contributed by atoms with E-state index in [1.54, 1.807) is 24.3 Å². The standard InChI is InChI=1S/C15H16N2O3/c16-11-3-6-13(15(19)20)14(9-11)17-8-7-10-1-4-12(18)5-2-10/h1-6,9,17-18H,7-8,16H2,(H,19,20). The Morgan fingerprint density at radius 3 is 2.50 bits per heavy atom. The molecule has 0 heterocycles. The molecule has 104 valence electrons. The van der Waals surface area contributed by atoms with Gasteiger partial charge in [-0.1, -0.05) is 12.1 Å². The number of hydrogen-bond acceptors (Lipinski definition) is 4. The maximum atomic E-state index is 11.1. The lowest BCUT2D eigenvalue weighted by molar-refractivity contribution is 0.0698. The summed E-state index contributed by atoms with van der Waals surface area (Å²) in [7, 11) is 0. The number of aromatic hydroxyl groups is 1. The van der Waals surface area contributed by atoms with Crippen LogP contribution in [-0.4, -0.2) is 22.7 Å². The molecule has 0 aliphatic carbocycles. The van der Waals surface area contributed by atoms with Crippen LogP contribution in [0, 0.1) is 0 Å². The molecule has 5 N–H and O–H groups in total. The average Bonchev–Trinajstić information content (AvgIpc) is 2.41. The first-order valence-electron chi connectivity index (χ1n) is 6.21. The van der Waals surface area contributed by atoms with Crippen LogP contribution < -0.4 is 11.1 Å². The Bertz CT molecular complexity index is 609. The summed E-state index contributed by atoms with van der Waals surface area (Å²) in [6.45, 7) is 0.578. The Balaban J connectivity index is 2.02. The predicted octanol–water partition coefficient (Wildman–Crippen LogP) is 2.33. The van der Waals surface area contributed by atoms with Gasteiger partial charge in [-0.2, -0.15) is 0 Å². The minimum absolute atomic E-state index is 0.199. The van der Waals surface area contributed by atoms with Gasteiger partial charge in [0.1, 0.15) is 5.75 Å². The normalized spacial score (nSPS) is 10.2. The second-order valence-corrected chi connectivity index (χ2v) is 4.45. The number of rotatable bonds is 5. The van der Waals surface area contributed by atoms with Gasteiger partial charge in [0.25, 0.3) is 0 Å². The molecule has 5 nitrogen and oxygen atoms in total. The minimum atomic E-state index is -0.989. The van der Waals surface area contributed by atoms with E-state index in [-0.39, 0.29) is 11.3 Å². The Hall–Kier alpha value is -2.69. The fourth-order valence-electron chi connectivity index (χ4n) is 1.90. The second-order valence-electron chi connectivity index (χ2n) is 4.45. The quantitative estimate of drug-likeness (QED) is 0.626. The Labute approximate surface area is 116 Å². The maximum Gasteiger partial charge on any atom is 0.337 e. The van der Waals surface area contributed by atoms with Crippen molar-refractivity contribution in [1.82, 2.24) is 0 Å². The Morgan fingerprint density at radius 2 is 1.85 bits per heavy atom. The number of phenolic OH excluding ortho intramolecular Hbond substituents is 1. The molecule has 5 heteroatoms. The third-order valence-corrected chi connectivity index (χ3v) is 2.94. The van der Waals surface area contributed by atoms with Crippen LogP contribution in [0.1, 0.15) is 15.9 Å². The van der Waals surface area contributed by atoms with Crippen LogP contribution in [0.4, 0.5) is 11.4 Å². The fraction of sp³-hybridized carbons (Fsp3) is 0.133. The summed E-state index contributed by atoms with van der Waals surface area (Å²) >= 11 is 0. The highest BCUT2D eigenvalue weighted by atomic mass is 16.4. The summed E-state index contributed by atoms with van der Waals surface area (Å²) < 4.78 is 0. The molecule has 0 aliphatic heterocycles. The van der Waals surface area contributed by atoms with Crippen molar-refractivity contribution >= 4 is 17.3 Å². The van der Waals surface area contributed by atoms with Crippen LogP contribution in [0.2, 0.25) is 0 Å². The lowest BCUT2D eigenvalue weighted by atomic mass is 10.1. The molecule has 0 saturated carbocycles. The van der Waals surface area contributed by atoms with E-state index in [2.05, 4.69) is 5.32 Å². The molecule has 0 spiro atoms. The SMILES string of the molecule is Nc1ccc(C(=O)O)c(NCCc2ccc(O)cc2)c1. The highest BCUT2D eigenvalue weighted by Crippen LogP contribution is 2.19. The average molecular weight is 272 g/mol. The lowest BCUT2D eigenvalue weighted by Gasteiger charge is -2.10. The van der Waals surface area contributed by atoms with E-state index >= 15 is 0 Å². The third-order valence-electron chi connectivity index (χ3n) is 2.94. The topological polar surface area (TPSA) is 95.6 Å². The molecule has 2 rings (SSSR count). The summed E-state index contributed by atoms with van der Waals surface area (Å²) in [5, 5.41) is 21.4. The van der Waals surface area contributed by atoms with E-state index in [4.69, 9.17) is 10.8 Å². The highest BCUT2D eigenvalue weighted by Gasteiger charge is 2.09. The molecule has 20 heavy (non-hydrogen) atoms. The summed E-state index contributed by atoms with van der Waals surface area (Å²) in [6.07, 6.45) is 0.716. The smallest absolute Gasteiger partial charge is 0.337 e. The zero-order valence-electron chi connectivity index (χ0n) is 10.8. The van der Waals surface area contributed by atoms with Crippen molar-refractivity contribution in [3.05, 3.63) is 53.6 Å². The van der Waals surface area contributed by atoms with Crippen LogP contribution in [0.25, 0.3) is 0 Å². The van der Waals surface area contributed by atoms with E-state index in [9.17, 15) is 9.90 Å². The van der Waals surface area contributed by atoms with E-state index in [1.165, 1.54) is 6.07 Å². The van der Waals surface area contributed by atoms with Crippen molar-refractivity contribution in [2.24, 2.45) is 0 Å². The van der Waals surface area contributed by atoms with Crippen molar-refractivity contribution in [3.8, 4) is 5.75 Å². The molecule has 2 aromatic rings. The number of nitrogen functional groups attached to an aromatic ring is 1. The molecule has 0 unspecified atom stereocenters. The molecule has 0 aromatic heterocycles.